The van der Waals surface area contributed by atoms with Crippen molar-refractivity contribution >= 4 is 23.7 Å². The summed E-state index contributed by atoms with van der Waals surface area (Å²) in [6, 6.07) is -0.905. The van der Waals surface area contributed by atoms with Crippen LogP contribution in [0.3, 0.4) is 0 Å². The van der Waals surface area contributed by atoms with Gasteiger partial charge in [-0.1, -0.05) is 6.92 Å². The molecule has 6 heteroatoms. The van der Waals surface area contributed by atoms with Crippen LogP contribution in [0.5, 0.6) is 0 Å². The Bertz CT molecular complexity index is 304. The van der Waals surface area contributed by atoms with E-state index in [0.717, 1.165) is 37.4 Å². The van der Waals surface area contributed by atoms with Crippen LogP contribution in [-0.4, -0.2) is 36.0 Å². The largest absolute Gasteiger partial charge is 0.352 e. The van der Waals surface area contributed by atoms with Gasteiger partial charge >= 0.3 is 6.03 Å². The molecule has 19 heavy (non-hydrogen) atoms. The van der Waals surface area contributed by atoms with Crippen LogP contribution in [0.2, 0.25) is 0 Å². The summed E-state index contributed by atoms with van der Waals surface area (Å²) in [5, 5.41) is 5.56. The maximum atomic E-state index is 12.1. The van der Waals surface area contributed by atoms with E-state index in [9.17, 15) is 9.59 Å². The smallest absolute Gasteiger partial charge is 0.312 e. The highest BCUT2D eigenvalue weighted by Crippen LogP contribution is 2.23. The van der Waals surface area contributed by atoms with Crippen molar-refractivity contribution in [2.45, 2.75) is 51.1 Å². The van der Waals surface area contributed by atoms with Gasteiger partial charge in [-0.2, -0.15) is 11.8 Å². The molecule has 110 valence electrons. The summed E-state index contributed by atoms with van der Waals surface area (Å²) in [4.78, 5) is 23.1. The number of primary amides is 1. The third-order valence-electron chi connectivity index (χ3n) is 3.61. The average Bonchev–Trinajstić information content (AvgIpc) is 2.36. The summed E-state index contributed by atoms with van der Waals surface area (Å²) >= 11 is 1.65. The summed E-state index contributed by atoms with van der Waals surface area (Å²) in [5.41, 5.74) is 5.12. The predicted molar refractivity (Wildman–Crippen MR) is 79.1 cm³/mol. The number of carbonyl (C=O) groups excluding carboxylic acids is 2. The normalized spacial score (nSPS) is 24.5. The lowest BCUT2D eigenvalue weighted by molar-refractivity contribution is -0.123. The van der Waals surface area contributed by atoms with Crippen LogP contribution in [0.4, 0.5) is 4.79 Å². The molecule has 1 saturated carbocycles. The molecule has 5 nitrogen and oxygen atoms in total. The summed E-state index contributed by atoms with van der Waals surface area (Å²) in [6.45, 7) is 2.24. The molecule has 1 atom stereocenters. The zero-order valence-corrected chi connectivity index (χ0v) is 12.6. The average molecular weight is 287 g/mol. The van der Waals surface area contributed by atoms with Gasteiger partial charge in [0.05, 0.1) is 0 Å². The van der Waals surface area contributed by atoms with E-state index in [1.54, 1.807) is 11.8 Å². The molecule has 3 amide bonds. The van der Waals surface area contributed by atoms with Crippen LogP contribution < -0.4 is 16.4 Å². The van der Waals surface area contributed by atoms with Gasteiger partial charge in [0.2, 0.25) is 5.91 Å². The molecule has 1 fully saturated rings. The second kappa shape index (κ2) is 8.30. The molecule has 0 spiro atoms. The summed E-state index contributed by atoms with van der Waals surface area (Å²) in [5.74, 6) is 1.47. The van der Waals surface area contributed by atoms with Crippen LogP contribution in [-0.2, 0) is 4.79 Å². The second-order valence-corrected chi connectivity index (χ2v) is 6.29. The molecule has 1 aliphatic carbocycles. The first-order valence-corrected chi connectivity index (χ1v) is 8.27. The standard InChI is InChI=1S/C13H25N3O2S/c1-9-3-5-10(6-4-9)15-12(17)11(7-8-19-2)16-13(14)18/h9-11H,3-8H2,1-2H3,(H,15,17)(H3,14,16,18). The number of urea groups is 1. The van der Waals surface area contributed by atoms with Crippen molar-refractivity contribution in [1.29, 1.82) is 0 Å². The van der Waals surface area contributed by atoms with Crippen LogP contribution >= 0.6 is 11.8 Å². The van der Waals surface area contributed by atoms with Gasteiger partial charge in [0, 0.05) is 6.04 Å². The minimum atomic E-state index is -0.640. The molecule has 0 bridgehead atoms. The van der Waals surface area contributed by atoms with Gasteiger partial charge in [-0.3, -0.25) is 4.79 Å². The van der Waals surface area contributed by atoms with Gasteiger partial charge in [-0.15, -0.1) is 0 Å². The fourth-order valence-electron chi connectivity index (χ4n) is 2.38. The van der Waals surface area contributed by atoms with Gasteiger partial charge in [0.1, 0.15) is 6.04 Å². The SMILES string of the molecule is CSCCC(NC(N)=O)C(=O)NC1CCC(C)CC1. The van der Waals surface area contributed by atoms with Crippen molar-refractivity contribution in [3.05, 3.63) is 0 Å². The third kappa shape index (κ3) is 6.18. The van der Waals surface area contributed by atoms with E-state index in [1.807, 2.05) is 6.26 Å². The Labute approximate surface area is 119 Å². The lowest BCUT2D eigenvalue weighted by Gasteiger charge is -2.28. The van der Waals surface area contributed by atoms with E-state index in [0.29, 0.717) is 6.42 Å². The van der Waals surface area contributed by atoms with Crippen LogP contribution in [0.15, 0.2) is 0 Å². The maximum absolute atomic E-state index is 12.1. The molecule has 0 aromatic heterocycles. The molecule has 0 aliphatic heterocycles. The highest BCUT2D eigenvalue weighted by atomic mass is 32.2. The second-order valence-electron chi connectivity index (χ2n) is 5.31. The van der Waals surface area contributed by atoms with Gasteiger partial charge in [0.15, 0.2) is 0 Å². The lowest BCUT2D eigenvalue weighted by Crippen LogP contribution is -2.51. The number of thioether (sulfide) groups is 1. The Morgan fingerprint density at radius 1 is 1.32 bits per heavy atom. The van der Waals surface area contributed by atoms with E-state index in [4.69, 9.17) is 5.73 Å². The van der Waals surface area contributed by atoms with E-state index >= 15 is 0 Å². The third-order valence-corrected chi connectivity index (χ3v) is 4.25. The fourth-order valence-corrected chi connectivity index (χ4v) is 2.85. The number of nitrogens with two attached hydrogens (primary N) is 1. The first kappa shape index (κ1) is 16.1. The van der Waals surface area contributed by atoms with Crippen LogP contribution in [0, 0.1) is 5.92 Å². The first-order valence-electron chi connectivity index (χ1n) is 6.88. The highest BCUT2D eigenvalue weighted by molar-refractivity contribution is 7.98. The number of nitrogens with one attached hydrogen (secondary N) is 2. The molecular formula is C13H25N3O2S. The molecule has 0 aromatic carbocycles. The number of hydrogen-bond acceptors (Lipinski definition) is 3. The molecule has 0 saturated heterocycles. The Morgan fingerprint density at radius 2 is 1.95 bits per heavy atom. The van der Waals surface area contributed by atoms with Crippen molar-refractivity contribution in [1.82, 2.24) is 10.6 Å². The minimum Gasteiger partial charge on any atom is -0.352 e. The first-order chi connectivity index (χ1) is 9.02. The molecular weight excluding hydrogens is 262 g/mol. The number of carbonyl (C=O) groups is 2. The molecule has 0 aromatic rings. The van der Waals surface area contributed by atoms with E-state index in [1.165, 1.54) is 0 Å². The van der Waals surface area contributed by atoms with Crippen molar-refractivity contribution in [2.75, 3.05) is 12.0 Å². The zero-order chi connectivity index (χ0) is 14.3. The van der Waals surface area contributed by atoms with Crippen LogP contribution in [0.1, 0.15) is 39.0 Å². The highest BCUT2D eigenvalue weighted by Gasteiger charge is 2.24. The zero-order valence-electron chi connectivity index (χ0n) is 11.8. The lowest BCUT2D eigenvalue weighted by atomic mass is 9.87. The van der Waals surface area contributed by atoms with Crippen molar-refractivity contribution in [3.63, 3.8) is 0 Å². The van der Waals surface area contributed by atoms with Gasteiger partial charge < -0.3 is 16.4 Å². The Morgan fingerprint density at radius 3 is 2.47 bits per heavy atom. The quantitative estimate of drug-likeness (QED) is 0.691. The van der Waals surface area contributed by atoms with Crippen molar-refractivity contribution in [2.24, 2.45) is 11.7 Å². The minimum absolute atomic E-state index is 0.104. The molecule has 0 radical (unpaired) electrons. The predicted octanol–water partition coefficient (Wildman–Crippen LogP) is 1.47. The number of amides is 3. The topological polar surface area (TPSA) is 84.2 Å². The Balaban J connectivity index is 2.43. The fraction of sp³-hybridized carbons (Fsp3) is 0.846. The van der Waals surface area contributed by atoms with E-state index in [2.05, 4.69) is 17.6 Å². The molecule has 0 heterocycles. The number of rotatable bonds is 6. The maximum Gasteiger partial charge on any atom is 0.312 e. The summed E-state index contributed by atoms with van der Waals surface area (Å²) < 4.78 is 0. The Kier molecular flexibility index (Phi) is 7.05. The molecule has 1 rings (SSSR count). The monoisotopic (exact) mass is 287 g/mol. The van der Waals surface area contributed by atoms with Crippen molar-refractivity contribution < 1.29 is 9.59 Å². The van der Waals surface area contributed by atoms with Crippen LogP contribution in [0.25, 0.3) is 0 Å². The van der Waals surface area contributed by atoms with Crippen molar-refractivity contribution in [3.8, 4) is 0 Å². The summed E-state index contributed by atoms with van der Waals surface area (Å²) in [7, 11) is 0. The molecule has 1 aliphatic rings. The van der Waals surface area contributed by atoms with E-state index < -0.39 is 12.1 Å². The summed E-state index contributed by atoms with van der Waals surface area (Å²) in [6.07, 6.45) is 6.95. The van der Waals surface area contributed by atoms with Gasteiger partial charge in [0.25, 0.3) is 0 Å². The Hall–Kier alpha value is -0.910. The van der Waals surface area contributed by atoms with Gasteiger partial charge in [-0.05, 0) is 50.0 Å². The number of hydrogen-bond donors (Lipinski definition) is 3. The van der Waals surface area contributed by atoms with E-state index in [-0.39, 0.29) is 11.9 Å². The molecule has 4 N–H and O–H groups in total. The van der Waals surface area contributed by atoms with Gasteiger partial charge in [-0.25, -0.2) is 4.79 Å². The molecule has 1 unspecified atom stereocenters.